The van der Waals surface area contributed by atoms with Gasteiger partial charge in [-0.1, -0.05) is 19.9 Å². The standard InChI is InChI=1S/C11H9F2NO.C2H6/c1-7-14-10(6-15-7)4-8-2-3-9(12)5-11(8)13;1-2/h2-3,5-6H,4H2,1H3;1-2H3. The Hall–Kier alpha value is -1.71. The number of benzene rings is 1. The molecule has 0 amide bonds. The normalized spacial score (nSPS) is 9.71. The molecule has 0 saturated carbocycles. The Kier molecular flexibility index (Phi) is 4.82. The molecule has 0 saturated heterocycles. The van der Waals surface area contributed by atoms with Crippen LogP contribution in [0.5, 0.6) is 0 Å². The zero-order chi connectivity index (χ0) is 12.8. The quantitative estimate of drug-likeness (QED) is 0.794. The van der Waals surface area contributed by atoms with Crippen molar-refractivity contribution in [3.05, 3.63) is 53.2 Å². The molecule has 0 radical (unpaired) electrons. The van der Waals surface area contributed by atoms with Crippen LogP contribution in [0.1, 0.15) is 31.0 Å². The van der Waals surface area contributed by atoms with Gasteiger partial charge < -0.3 is 4.42 Å². The zero-order valence-corrected chi connectivity index (χ0v) is 10.1. The second-order valence-corrected chi connectivity index (χ2v) is 3.27. The van der Waals surface area contributed by atoms with Crippen LogP contribution in [-0.4, -0.2) is 4.98 Å². The Labute approximate surface area is 99.3 Å². The molecular formula is C13H15F2NO. The van der Waals surface area contributed by atoms with E-state index in [1.807, 2.05) is 13.8 Å². The smallest absolute Gasteiger partial charge is 0.191 e. The Bertz CT molecular complexity index is 480. The van der Waals surface area contributed by atoms with Crippen molar-refractivity contribution >= 4 is 0 Å². The van der Waals surface area contributed by atoms with E-state index in [1.165, 1.54) is 18.4 Å². The van der Waals surface area contributed by atoms with Gasteiger partial charge in [-0.3, -0.25) is 0 Å². The summed E-state index contributed by atoms with van der Waals surface area (Å²) >= 11 is 0. The molecule has 1 aromatic heterocycles. The molecule has 0 spiro atoms. The van der Waals surface area contributed by atoms with Gasteiger partial charge in [0.1, 0.15) is 17.9 Å². The topological polar surface area (TPSA) is 26.0 Å². The summed E-state index contributed by atoms with van der Waals surface area (Å²) in [5, 5.41) is 0. The SMILES string of the molecule is CC.Cc1nc(Cc2ccc(F)cc2F)co1. The van der Waals surface area contributed by atoms with E-state index < -0.39 is 11.6 Å². The van der Waals surface area contributed by atoms with Gasteiger partial charge in [0.05, 0.1) is 5.69 Å². The van der Waals surface area contributed by atoms with E-state index in [0.29, 0.717) is 23.6 Å². The van der Waals surface area contributed by atoms with Crippen LogP contribution in [0.25, 0.3) is 0 Å². The molecular weight excluding hydrogens is 224 g/mol. The first-order valence-electron chi connectivity index (χ1n) is 5.50. The largest absolute Gasteiger partial charge is 0.449 e. The average molecular weight is 239 g/mol. The predicted molar refractivity (Wildman–Crippen MR) is 61.8 cm³/mol. The molecule has 1 heterocycles. The Morgan fingerprint density at radius 1 is 1.24 bits per heavy atom. The Morgan fingerprint density at radius 3 is 2.47 bits per heavy atom. The van der Waals surface area contributed by atoms with Crippen LogP contribution in [0.3, 0.4) is 0 Å². The van der Waals surface area contributed by atoms with Gasteiger partial charge in [-0.2, -0.15) is 0 Å². The van der Waals surface area contributed by atoms with Crippen LogP contribution in [0, 0.1) is 18.6 Å². The third-order valence-electron chi connectivity index (χ3n) is 2.05. The molecule has 2 aromatic rings. The minimum Gasteiger partial charge on any atom is -0.449 e. The van der Waals surface area contributed by atoms with E-state index in [4.69, 9.17) is 4.42 Å². The van der Waals surface area contributed by atoms with E-state index in [9.17, 15) is 8.78 Å². The molecule has 0 aliphatic rings. The van der Waals surface area contributed by atoms with Crippen LogP contribution in [0.4, 0.5) is 8.78 Å². The molecule has 0 atom stereocenters. The number of halogens is 2. The summed E-state index contributed by atoms with van der Waals surface area (Å²) in [6.45, 7) is 5.71. The summed E-state index contributed by atoms with van der Waals surface area (Å²) in [4.78, 5) is 4.04. The third kappa shape index (κ3) is 3.66. The first-order valence-corrected chi connectivity index (χ1v) is 5.50. The molecule has 0 aliphatic carbocycles. The number of rotatable bonds is 2. The van der Waals surface area contributed by atoms with Crippen molar-refractivity contribution in [3.63, 3.8) is 0 Å². The Balaban J connectivity index is 0.000000686. The van der Waals surface area contributed by atoms with E-state index in [-0.39, 0.29) is 0 Å². The number of hydrogen-bond acceptors (Lipinski definition) is 2. The fraction of sp³-hybridized carbons (Fsp3) is 0.308. The van der Waals surface area contributed by atoms with Crippen LogP contribution in [0.2, 0.25) is 0 Å². The van der Waals surface area contributed by atoms with Crippen LogP contribution in [-0.2, 0) is 6.42 Å². The van der Waals surface area contributed by atoms with Crippen molar-refractivity contribution in [1.82, 2.24) is 4.98 Å². The molecule has 1 aromatic carbocycles. The van der Waals surface area contributed by atoms with Crippen molar-refractivity contribution in [2.45, 2.75) is 27.2 Å². The monoisotopic (exact) mass is 239 g/mol. The summed E-state index contributed by atoms with van der Waals surface area (Å²) in [5.41, 5.74) is 1.04. The molecule has 0 aliphatic heterocycles. The number of hydrogen-bond donors (Lipinski definition) is 0. The highest BCUT2D eigenvalue weighted by molar-refractivity contribution is 5.23. The molecule has 92 valence electrons. The lowest BCUT2D eigenvalue weighted by Gasteiger charge is -1.99. The van der Waals surface area contributed by atoms with Crippen LogP contribution < -0.4 is 0 Å². The summed E-state index contributed by atoms with van der Waals surface area (Å²) in [5.74, 6) is -0.601. The van der Waals surface area contributed by atoms with E-state index in [0.717, 1.165) is 6.07 Å². The van der Waals surface area contributed by atoms with Crippen molar-refractivity contribution in [2.24, 2.45) is 0 Å². The first-order chi connectivity index (χ1) is 8.15. The lowest BCUT2D eigenvalue weighted by Crippen LogP contribution is -1.93. The molecule has 0 fully saturated rings. The van der Waals surface area contributed by atoms with Gasteiger partial charge in [0, 0.05) is 19.4 Å². The van der Waals surface area contributed by atoms with Crippen molar-refractivity contribution in [2.75, 3.05) is 0 Å². The second-order valence-electron chi connectivity index (χ2n) is 3.27. The number of nitrogens with zero attached hydrogens (tertiary/aromatic N) is 1. The van der Waals surface area contributed by atoms with Crippen LogP contribution in [0.15, 0.2) is 28.9 Å². The number of aryl methyl sites for hydroxylation is 1. The molecule has 2 rings (SSSR count). The van der Waals surface area contributed by atoms with Gasteiger partial charge in [0.25, 0.3) is 0 Å². The second kappa shape index (κ2) is 6.13. The molecule has 0 N–H and O–H groups in total. The average Bonchev–Trinajstić information content (AvgIpc) is 2.71. The highest BCUT2D eigenvalue weighted by atomic mass is 19.1. The zero-order valence-electron chi connectivity index (χ0n) is 10.1. The summed E-state index contributed by atoms with van der Waals surface area (Å²) < 4.78 is 30.9. The molecule has 0 bridgehead atoms. The lowest BCUT2D eigenvalue weighted by molar-refractivity contribution is 0.520. The number of aromatic nitrogens is 1. The maximum atomic E-state index is 13.2. The van der Waals surface area contributed by atoms with Crippen LogP contribution >= 0.6 is 0 Å². The highest BCUT2D eigenvalue weighted by Crippen LogP contribution is 2.14. The van der Waals surface area contributed by atoms with Gasteiger partial charge in [0.15, 0.2) is 5.89 Å². The van der Waals surface area contributed by atoms with E-state index in [2.05, 4.69) is 4.98 Å². The van der Waals surface area contributed by atoms with Crippen molar-refractivity contribution < 1.29 is 13.2 Å². The fourth-order valence-corrected chi connectivity index (χ4v) is 1.35. The minimum atomic E-state index is -0.576. The minimum absolute atomic E-state index is 0.309. The maximum absolute atomic E-state index is 13.2. The molecule has 17 heavy (non-hydrogen) atoms. The Morgan fingerprint density at radius 2 is 1.94 bits per heavy atom. The first kappa shape index (κ1) is 13.4. The van der Waals surface area contributed by atoms with Gasteiger partial charge in [-0.25, -0.2) is 13.8 Å². The fourth-order valence-electron chi connectivity index (χ4n) is 1.35. The van der Waals surface area contributed by atoms with Gasteiger partial charge in [-0.15, -0.1) is 0 Å². The lowest BCUT2D eigenvalue weighted by atomic mass is 10.1. The predicted octanol–water partition coefficient (Wildman–Crippen LogP) is 3.88. The third-order valence-corrected chi connectivity index (χ3v) is 2.05. The van der Waals surface area contributed by atoms with E-state index >= 15 is 0 Å². The molecule has 0 unspecified atom stereocenters. The van der Waals surface area contributed by atoms with Gasteiger partial charge >= 0.3 is 0 Å². The summed E-state index contributed by atoms with van der Waals surface area (Å²) in [6, 6.07) is 3.50. The summed E-state index contributed by atoms with van der Waals surface area (Å²) in [6.07, 6.45) is 1.78. The van der Waals surface area contributed by atoms with Crippen molar-refractivity contribution in [3.8, 4) is 0 Å². The summed E-state index contributed by atoms with van der Waals surface area (Å²) in [7, 11) is 0. The highest BCUT2D eigenvalue weighted by Gasteiger charge is 2.07. The van der Waals surface area contributed by atoms with E-state index in [1.54, 1.807) is 6.92 Å². The maximum Gasteiger partial charge on any atom is 0.191 e. The molecule has 2 nitrogen and oxygen atoms in total. The van der Waals surface area contributed by atoms with Gasteiger partial charge in [0.2, 0.25) is 0 Å². The van der Waals surface area contributed by atoms with Gasteiger partial charge in [-0.05, 0) is 11.6 Å². The number of oxazole rings is 1. The van der Waals surface area contributed by atoms with Crippen molar-refractivity contribution in [1.29, 1.82) is 0 Å². The molecule has 4 heteroatoms.